The number of hydrogen-bond acceptors (Lipinski definition) is 3. The maximum absolute atomic E-state index is 5.89. The van der Waals surface area contributed by atoms with E-state index in [1.165, 1.54) is 37.8 Å². The lowest BCUT2D eigenvalue weighted by molar-refractivity contribution is 0.195. The number of aromatic nitrogens is 2. The van der Waals surface area contributed by atoms with Gasteiger partial charge in [0.1, 0.15) is 0 Å². The first kappa shape index (κ1) is 12.6. The number of nitrogens with two attached hydrogens (primary N) is 1. The Kier molecular flexibility index (Phi) is 4.57. The lowest BCUT2D eigenvalue weighted by atomic mass is 10.1. The summed E-state index contributed by atoms with van der Waals surface area (Å²) in [5.74, 6) is 0. The Balaban J connectivity index is 1.99. The monoisotopic (exact) mass is 236 g/mol. The maximum Gasteiger partial charge on any atom is 0.0534 e. The highest BCUT2D eigenvalue weighted by Crippen LogP contribution is 2.18. The normalized spacial score (nSPS) is 22.6. The van der Waals surface area contributed by atoms with Crippen molar-refractivity contribution in [1.82, 2.24) is 14.7 Å². The third-order valence-electron chi connectivity index (χ3n) is 3.67. The fourth-order valence-corrected chi connectivity index (χ4v) is 2.61. The molecule has 2 N–H and O–H groups in total. The Morgan fingerprint density at radius 3 is 3.00 bits per heavy atom. The summed E-state index contributed by atoms with van der Waals surface area (Å²) in [6.07, 6.45) is 9.37. The third-order valence-corrected chi connectivity index (χ3v) is 3.67. The molecule has 0 aromatic carbocycles. The Morgan fingerprint density at radius 2 is 2.29 bits per heavy atom. The predicted molar refractivity (Wildman–Crippen MR) is 69.6 cm³/mol. The molecule has 1 aliphatic heterocycles. The molecule has 17 heavy (non-hydrogen) atoms. The molecule has 1 aromatic rings. The van der Waals surface area contributed by atoms with Gasteiger partial charge in [-0.05, 0) is 26.3 Å². The minimum atomic E-state index is 0.558. The molecule has 0 spiro atoms. The van der Waals surface area contributed by atoms with Crippen molar-refractivity contribution in [1.29, 1.82) is 0 Å². The van der Waals surface area contributed by atoms with Gasteiger partial charge in [-0.2, -0.15) is 5.10 Å². The average Bonchev–Trinajstić information content (AvgIpc) is 2.68. The summed E-state index contributed by atoms with van der Waals surface area (Å²) in [6, 6.07) is 0.558. The van der Waals surface area contributed by atoms with Gasteiger partial charge in [0, 0.05) is 37.4 Å². The van der Waals surface area contributed by atoms with E-state index >= 15 is 0 Å². The van der Waals surface area contributed by atoms with Crippen molar-refractivity contribution in [2.24, 2.45) is 5.73 Å². The quantitative estimate of drug-likeness (QED) is 0.864. The molecule has 1 aromatic heterocycles. The summed E-state index contributed by atoms with van der Waals surface area (Å²) < 4.78 is 1.99. The fourth-order valence-electron chi connectivity index (χ4n) is 2.61. The minimum absolute atomic E-state index is 0.558. The Morgan fingerprint density at radius 1 is 1.41 bits per heavy atom. The predicted octanol–water partition coefficient (Wildman–Crippen LogP) is 1.61. The number of likely N-dealkylation sites (tertiary alicyclic amines) is 1. The molecular formula is C13H24N4. The van der Waals surface area contributed by atoms with Crippen LogP contribution in [0.2, 0.25) is 0 Å². The average molecular weight is 236 g/mol. The van der Waals surface area contributed by atoms with Crippen LogP contribution in [0.1, 0.15) is 38.2 Å². The van der Waals surface area contributed by atoms with E-state index in [9.17, 15) is 0 Å². The Labute approximate surface area is 104 Å². The molecule has 1 saturated heterocycles. The molecule has 0 radical (unpaired) electrons. The van der Waals surface area contributed by atoms with Crippen LogP contribution in [0.25, 0.3) is 0 Å². The molecule has 96 valence electrons. The first-order chi connectivity index (χ1) is 8.33. The van der Waals surface area contributed by atoms with Gasteiger partial charge in [-0.3, -0.25) is 9.58 Å². The highest BCUT2D eigenvalue weighted by atomic mass is 15.3. The van der Waals surface area contributed by atoms with Gasteiger partial charge in [-0.1, -0.05) is 12.8 Å². The van der Waals surface area contributed by atoms with Gasteiger partial charge in [-0.15, -0.1) is 0 Å². The van der Waals surface area contributed by atoms with Crippen LogP contribution >= 0.6 is 0 Å². The highest BCUT2D eigenvalue weighted by Gasteiger charge is 2.19. The summed E-state index contributed by atoms with van der Waals surface area (Å²) >= 11 is 0. The van der Waals surface area contributed by atoms with Crippen LogP contribution in [-0.4, -0.2) is 33.8 Å². The number of rotatable bonds is 4. The molecule has 1 aliphatic rings. The second kappa shape index (κ2) is 6.17. The summed E-state index contributed by atoms with van der Waals surface area (Å²) in [4.78, 5) is 2.53. The molecule has 0 amide bonds. The summed E-state index contributed by atoms with van der Waals surface area (Å²) in [5, 5.41) is 4.33. The molecule has 0 aliphatic carbocycles. The zero-order valence-electron chi connectivity index (χ0n) is 10.8. The van der Waals surface area contributed by atoms with Gasteiger partial charge < -0.3 is 5.73 Å². The van der Waals surface area contributed by atoms with Crippen LogP contribution in [0.4, 0.5) is 0 Å². The van der Waals surface area contributed by atoms with Crippen molar-refractivity contribution >= 4 is 0 Å². The van der Waals surface area contributed by atoms with Crippen LogP contribution < -0.4 is 5.73 Å². The molecular weight excluding hydrogens is 212 g/mol. The molecule has 1 atom stereocenters. The van der Waals surface area contributed by atoms with Crippen molar-refractivity contribution in [3.63, 3.8) is 0 Å². The van der Waals surface area contributed by atoms with Gasteiger partial charge in [0.05, 0.1) is 6.20 Å². The van der Waals surface area contributed by atoms with Gasteiger partial charge in [-0.25, -0.2) is 0 Å². The maximum atomic E-state index is 5.89. The van der Waals surface area contributed by atoms with Gasteiger partial charge in [0.25, 0.3) is 0 Å². The number of nitrogens with zero attached hydrogens (tertiary/aromatic N) is 3. The molecule has 1 fully saturated rings. The second-order valence-corrected chi connectivity index (χ2v) is 4.91. The molecule has 0 saturated carbocycles. The minimum Gasteiger partial charge on any atom is -0.329 e. The van der Waals surface area contributed by atoms with E-state index in [4.69, 9.17) is 5.73 Å². The largest absolute Gasteiger partial charge is 0.329 e. The number of hydrogen-bond donors (Lipinski definition) is 1. The third kappa shape index (κ3) is 3.30. The topological polar surface area (TPSA) is 47.1 Å². The molecule has 0 bridgehead atoms. The van der Waals surface area contributed by atoms with Crippen LogP contribution in [0, 0.1) is 0 Å². The van der Waals surface area contributed by atoms with Gasteiger partial charge in [0.15, 0.2) is 0 Å². The smallest absolute Gasteiger partial charge is 0.0534 e. The standard InChI is InChI=1S/C13H24N4/c1-2-17-11-12(9-15-17)10-16-7-5-3-4-6-13(16)8-14/h9,11,13H,2-8,10,14H2,1H3. The summed E-state index contributed by atoms with van der Waals surface area (Å²) in [6.45, 7) is 6.02. The zero-order chi connectivity index (χ0) is 12.1. The van der Waals surface area contributed by atoms with Crippen LogP contribution in [0.15, 0.2) is 12.4 Å². The molecule has 2 heterocycles. The number of aryl methyl sites for hydroxylation is 1. The van der Waals surface area contributed by atoms with E-state index < -0.39 is 0 Å². The first-order valence-corrected chi connectivity index (χ1v) is 6.79. The van der Waals surface area contributed by atoms with Crippen molar-refractivity contribution in [3.05, 3.63) is 18.0 Å². The van der Waals surface area contributed by atoms with Gasteiger partial charge >= 0.3 is 0 Å². The SMILES string of the molecule is CCn1cc(CN2CCCCCC2CN)cn1. The molecule has 2 rings (SSSR count). The molecule has 4 heteroatoms. The van der Waals surface area contributed by atoms with E-state index in [1.54, 1.807) is 0 Å². The van der Waals surface area contributed by atoms with Crippen LogP contribution in [-0.2, 0) is 13.1 Å². The van der Waals surface area contributed by atoms with Crippen molar-refractivity contribution < 1.29 is 0 Å². The molecule has 4 nitrogen and oxygen atoms in total. The first-order valence-electron chi connectivity index (χ1n) is 6.79. The molecule has 1 unspecified atom stereocenters. The van der Waals surface area contributed by atoms with E-state index in [-0.39, 0.29) is 0 Å². The van der Waals surface area contributed by atoms with Crippen LogP contribution in [0.5, 0.6) is 0 Å². The van der Waals surface area contributed by atoms with Crippen molar-refractivity contribution in [3.8, 4) is 0 Å². The second-order valence-electron chi connectivity index (χ2n) is 4.91. The Hall–Kier alpha value is -0.870. The summed E-state index contributed by atoms with van der Waals surface area (Å²) in [5.41, 5.74) is 7.20. The highest BCUT2D eigenvalue weighted by molar-refractivity contribution is 5.04. The fraction of sp³-hybridized carbons (Fsp3) is 0.769. The zero-order valence-corrected chi connectivity index (χ0v) is 10.8. The van der Waals surface area contributed by atoms with E-state index in [0.717, 1.165) is 19.6 Å². The van der Waals surface area contributed by atoms with E-state index in [0.29, 0.717) is 6.04 Å². The van der Waals surface area contributed by atoms with Crippen molar-refractivity contribution in [2.75, 3.05) is 13.1 Å². The van der Waals surface area contributed by atoms with E-state index in [2.05, 4.69) is 23.1 Å². The summed E-state index contributed by atoms with van der Waals surface area (Å²) in [7, 11) is 0. The Bertz CT molecular complexity index is 334. The van der Waals surface area contributed by atoms with E-state index in [1.807, 2.05) is 10.9 Å². The van der Waals surface area contributed by atoms with Gasteiger partial charge in [0.2, 0.25) is 0 Å². The lowest BCUT2D eigenvalue weighted by Crippen LogP contribution is -2.39. The van der Waals surface area contributed by atoms with Crippen molar-refractivity contribution in [2.45, 2.75) is 51.7 Å². The van der Waals surface area contributed by atoms with Crippen LogP contribution in [0.3, 0.4) is 0 Å². The lowest BCUT2D eigenvalue weighted by Gasteiger charge is -2.28.